The summed E-state index contributed by atoms with van der Waals surface area (Å²) in [6.45, 7) is 6.21. The molecule has 0 spiro atoms. The van der Waals surface area contributed by atoms with Crippen LogP contribution in [-0.2, 0) is 9.22 Å². The van der Waals surface area contributed by atoms with Gasteiger partial charge in [0, 0.05) is 6.54 Å². The summed E-state index contributed by atoms with van der Waals surface area (Å²) in [5.41, 5.74) is 0. The Labute approximate surface area is 103 Å². The number of aliphatic carboxylic acids is 1. The largest absolute Gasteiger partial charge is 0.480 e. The van der Waals surface area contributed by atoms with Gasteiger partial charge in [-0.15, -0.1) is 0 Å². The predicted molar refractivity (Wildman–Crippen MR) is 66.4 cm³/mol. The Balaban J connectivity index is 2.79. The molecule has 6 heteroatoms. The van der Waals surface area contributed by atoms with E-state index in [1.807, 2.05) is 20.8 Å². The second kappa shape index (κ2) is 5.93. The minimum atomic E-state index is -1.96. The average Bonchev–Trinajstić information content (AvgIpc) is 2.68. The van der Waals surface area contributed by atoms with Crippen LogP contribution in [0.4, 0.5) is 4.39 Å². The van der Waals surface area contributed by atoms with Gasteiger partial charge in [0.25, 0.3) is 0 Å². The van der Waals surface area contributed by atoms with Gasteiger partial charge in [-0.2, -0.15) is 0 Å². The molecule has 100 valence electrons. The molecule has 0 aliphatic carbocycles. The maximum absolute atomic E-state index is 13.7. The van der Waals surface area contributed by atoms with Crippen LogP contribution in [0.2, 0.25) is 18.1 Å². The van der Waals surface area contributed by atoms with Crippen LogP contribution in [0.3, 0.4) is 0 Å². The van der Waals surface area contributed by atoms with Crippen LogP contribution in [0.1, 0.15) is 20.8 Å². The van der Waals surface area contributed by atoms with E-state index in [0.29, 0.717) is 0 Å². The Hall–Kier alpha value is -0.463. The van der Waals surface area contributed by atoms with Crippen molar-refractivity contribution in [2.75, 3.05) is 6.54 Å². The molecule has 0 amide bonds. The van der Waals surface area contributed by atoms with Gasteiger partial charge in [0.15, 0.2) is 8.32 Å². The molecule has 1 fully saturated rings. The molecule has 0 bridgehead atoms. The first kappa shape index (κ1) is 14.6. The quantitative estimate of drug-likeness (QED) is 0.717. The molecular formula is C11H22FNO3Si. The van der Waals surface area contributed by atoms with E-state index in [9.17, 15) is 9.18 Å². The molecule has 1 aliphatic rings. The van der Waals surface area contributed by atoms with Crippen LogP contribution in [0.15, 0.2) is 0 Å². The number of hydrogen-bond donors (Lipinski definition) is 2. The number of carboxylic acids is 1. The summed E-state index contributed by atoms with van der Waals surface area (Å²) < 4.78 is 19.7. The Bertz CT molecular complexity index is 265. The molecule has 0 unspecified atom stereocenters. The fraction of sp³-hybridized carbons (Fsp3) is 0.909. The molecule has 1 aliphatic heterocycles. The standard InChI is InChI=1S/C11H22FNO3Si/c1-4-17(5-2,6-3)16-10-8(12)7-13-9(10)11(14)15/h8-10,13H,4-7H2,1-3H3,(H,14,15)/t8-,9+,10+/m0/s1. The third-order valence-electron chi connectivity index (χ3n) is 3.80. The first-order valence-electron chi connectivity index (χ1n) is 6.27. The summed E-state index contributed by atoms with van der Waals surface area (Å²) in [4.78, 5) is 11.0. The van der Waals surface area contributed by atoms with E-state index >= 15 is 0 Å². The Morgan fingerprint density at radius 2 is 1.94 bits per heavy atom. The van der Waals surface area contributed by atoms with Crippen LogP contribution in [0.5, 0.6) is 0 Å². The monoisotopic (exact) mass is 263 g/mol. The minimum absolute atomic E-state index is 0.0727. The van der Waals surface area contributed by atoms with Crippen LogP contribution < -0.4 is 5.32 Å². The van der Waals surface area contributed by atoms with Gasteiger partial charge in [0.05, 0.1) is 0 Å². The van der Waals surface area contributed by atoms with E-state index in [-0.39, 0.29) is 6.54 Å². The fourth-order valence-electron chi connectivity index (χ4n) is 2.34. The molecule has 2 N–H and O–H groups in total. The number of rotatable bonds is 6. The molecule has 1 rings (SSSR count). The van der Waals surface area contributed by atoms with E-state index in [2.05, 4.69) is 5.32 Å². The van der Waals surface area contributed by atoms with Gasteiger partial charge in [-0.05, 0) is 18.1 Å². The number of carboxylic acid groups (broad SMARTS) is 1. The highest BCUT2D eigenvalue weighted by molar-refractivity contribution is 6.73. The summed E-state index contributed by atoms with van der Waals surface area (Å²) >= 11 is 0. The van der Waals surface area contributed by atoms with Crippen molar-refractivity contribution in [2.24, 2.45) is 0 Å². The predicted octanol–water partition coefficient (Wildman–Crippen LogP) is 1.77. The third kappa shape index (κ3) is 3.05. The summed E-state index contributed by atoms with van der Waals surface area (Å²) in [5, 5.41) is 11.7. The van der Waals surface area contributed by atoms with Crippen molar-refractivity contribution in [1.82, 2.24) is 5.32 Å². The summed E-state index contributed by atoms with van der Waals surface area (Å²) in [7, 11) is -1.96. The molecule has 0 aromatic heterocycles. The van der Waals surface area contributed by atoms with E-state index in [1.165, 1.54) is 0 Å². The lowest BCUT2D eigenvalue weighted by atomic mass is 10.1. The third-order valence-corrected chi connectivity index (χ3v) is 8.44. The highest BCUT2D eigenvalue weighted by Gasteiger charge is 2.45. The second-order valence-electron chi connectivity index (χ2n) is 4.57. The Kier molecular flexibility index (Phi) is 5.09. The SMILES string of the molecule is CC[Si](CC)(CC)O[C@@H]1[C@@H](F)CN[C@H]1C(=O)O. The van der Waals surface area contributed by atoms with Gasteiger partial charge in [-0.1, -0.05) is 20.8 Å². The smallest absolute Gasteiger partial charge is 0.323 e. The van der Waals surface area contributed by atoms with Gasteiger partial charge in [0.1, 0.15) is 18.3 Å². The lowest BCUT2D eigenvalue weighted by molar-refractivity contribution is -0.141. The summed E-state index contributed by atoms with van der Waals surface area (Å²) in [5.74, 6) is -1.03. The molecule has 0 saturated carbocycles. The van der Waals surface area contributed by atoms with Gasteiger partial charge >= 0.3 is 5.97 Å². The molecule has 17 heavy (non-hydrogen) atoms. The van der Waals surface area contributed by atoms with Crippen molar-refractivity contribution in [3.05, 3.63) is 0 Å². The van der Waals surface area contributed by atoms with Crippen molar-refractivity contribution in [2.45, 2.75) is 57.2 Å². The van der Waals surface area contributed by atoms with Crippen molar-refractivity contribution < 1.29 is 18.7 Å². The number of halogens is 1. The highest BCUT2D eigenvalue weighted by atomic mass is 28.4. The van der Waals surface area contributed by atoms with Crippen molar-refractivity contribution in [3.63, 3.8) is 0 Å². The normalized spacial score (nSPS) is 29.5. The first-order valence-corrected chi connectivity index (χ1v) is 8.80. The maximum Gasteiger partial charge on any atom is 0.323 e. The molecule has 3 atom stereocenters. The van der Waals surface area contributed by atoms with E-state index in [4.69, 9.17) is 9.53 Å². The van der Waals surface area contributed by atoms with Crippen LogP contribution in [0, 0.1) is 0 Å². The average molecular weight is 263 g/mol. The lowest BCUT2D eigenvalue weighted by Gasteiger charge is -2.33. The van der Waals surface area contributed by atoms with Gasteiger partial charge < -0.3 is 9.53 Å². The number of carbonyl (C=O) groups is 1. The zero-order chi connectivity index (χ0) is 13.1. The zero-order valence-corrected chi connectivity index (χ0v) is 11.7. The zero-order valence-electron chi connectivity index (χ0n) is 10.7. The minimum Gasteiger partial charge on any atom is -0.480 e. The number of hydrogen-bond acceptors (Lipinski definition) is 3. The van der Waals surface area contributed by atoms with E-state index < -0.39 is 32.6 Å². The number of alkyl halides is 1. The number of nitrogens with one attached hydrogen (secondary N) is 1. The van der Waals surface area contributed by atoms with Gasteiger partial charge in [-0.25, -0.2) is 4.39 Å². The molecule has 1 heterocycles. The second-order valence-corrected chi connectivity index (χ2v) is 9.29. The van der Waals surface area contributed by atoms with E-state index in [0.717, 1.165) is 18.1 Å². The van der Waals surface area contributed by atoms with Gasteiger partial charge in [0.2, 0.25) is 0 Å². The van der Waals surface area contributed by atoms with Gasteiger partial charge in [-0.3, -0.25) is 10.1 Å². The van der Waals surface area contributed by atoms with Crippen molar-refractivity contribution >= 4 is 14.3 Å². The molecule has 0 radical (unpaired) electrons. The summed E-state index contributed by atoms with van der Waals surface area (Å²) in [6, 6.07) is 1.79. The summed E-state index contributed by atoms with van der Waals surface area (Å²) in [6.07, 6.45) is -2.04. The van der Waals surface area contributed by atoms with E-state index in [1.54, 1.807) is 0 Å². The van der Waals surface area contributed by atoms with Crippen molar-refractivity contribution in [3.8, 4) is 0 Å². The van der Waals surface area contributed by atoms with Crippen LogP contribution >= 0.6 is 0 Å². The molecule has 0 aromatic carbocycles. The maximum atomic E-state index is 13.7. The molecule has 0 aromatic rings. The molecule has 1 saturated heterocycles. The lowest BCUT2D eigenvalue weighted by Crippen LogP contribution is -2.49. The van der Waals surface area contributed by atoms with Crippen molar-refractivity contribution in [1.29, 1.82) is 0 Å². The highest BCUT2D eigenvalue weighted by Crippen LogP contribution is 2.28. The first-order chi connectivity index (χ1) is 7.99. The Morgan fingerprint density at radius 1 is 1.41 bits per heavy atom. The van der Waals surface area contributed by atoms with Crippen LogP contribution in [-0.4, -0.2) is 44.3 Å². The molecular weight excluding hydrogens is 241 g/mol. The Morgan fingerprint density at radius 3 is 2.35 bits per heavy atom. The topological polar surface area (TPSA) is 58.6 Å². The molecule has 4 nitrogen and oxygen atoms in total. The van der Waals surface area contributed by atoms with Crippen LogP contribution in [0.25, 0.3) is 0 Å². The fourth-order valence-corrected chi connectivity index (χ4v) is 5.20.